The van der Waals surface area contributed by atoms with E-state index in [1.165, 1.54) is 43.6 Å². The summed E-state index contributed by atoms with van der Waals surface area (Å²) in [4.78, 5) is 17.7. The van der Waals surface area contributed by atoms with Gasteiger partial charge in [0.15, 0.2) is 0 Å². The largest absolute Gasteiger partial charge is 0.481 e. The Balaban J connectivity index is 1.58. The zero-order chi connectivity index (χ0) is 31.9. The molecule has 3 aromatic rings. The molecule has 0 spiro atoms. The lowest BCUT2D eigenvalue weighted by Crippen LogP contribution is -2.44. The van der Waals surface area contributed by atoms with Crippen molar-refractivity contribution in [3.63, 3.8) is 0 Å². The van der Waals surface area contributed by atoms with Gasteiger partial charge in [-0.05, 0) is 67.1 Å². The molecule has 0 saturated carbocycles. The van der Waals surface area contributed by atoms with Crippen LogP contribution in [0.5, 0.6) is 5.88 Å². The van der Waals surface area contributed by atoms with Crippen molar-refractivity contribution in [2.45, 2.75) is 49.7 Å². The Morgan fingerprint density at radius 2 is 2.00 bits per heavy atom. The fraction of sp³-hybridized carbons (Fsp3) is 0.355. The normalized spacial score (nSPS) is 19.8. The van der Waals surface area contributed by atoms with Crippen molar-refractivity contribution in [2.75, 3.05) is 24.7 Å². The molecular formula is C31H34ClF2N5O4S. The maximum Gasteiger partial charge on any atom is 0.242 e. The molecule has 9 nitrogen and oxygen atoms in total. The molecule has 0 bridgehead atoms. The van der Waals surface area contributed by atoms with E-state index in [1.54, 1.807) is 18.2 Å². The number of pyridine rings is 1. The third kappa shape index (κ3) is 8.52. The molecule has 44 heavy (non-hydrogen) atoms. The summed E-state index contributed by atoms with van der Waals surface area (Å²) in [5.41, 5.74) is 7.79. The lowest BCUT2D eigenvalue weighted by molar-refractivity contribution is -0.117. The number of hydrogen-bond acceptors (Lipinski definition) is 7. The van der Waals surface area contributed by atoms with Crippen LogP contribution in [0.15, 0.2) is 54.7 Å². The van der Waals surface area contributed by atoms with Crippen LogP contribution in [-0.2, 0) is 21.2 Å². The average Bonchev–Trinajstić information content (AvgIpc) is 3.06. The molecule has 234 valence electrons. The van der Waals surface area contributed by atoms with E-state index in [4.69, 9.17) is 28.5 Å². The Kier molecular flexibility index (Phi) is 11.3. The minimum atomic E-state index is -3.56. The molecule has 1 amide bonds. The van der Waals surface area contributed by atoms with Crippen LogP contribution >= 0.6 is 11.6 Å². The second-order valence-corrected chi connectivity index (χ2v) is 12.8. The van der Waals surface area contributed by atoms with E-state index in [0.29, 0.717) is 24.0 Å². The molecule has 4 rings (SSSR count). The third-order valence-electron chi connectivity index (χ3n) is 7.48. The van der Waals surface area contributed by atoms with E-state index in [2.05, 4.69) is 26.3 Å². The average molecular weight is 646 g/mol. The number of amides is 1. The van der Waals surface area contributed by atoms with Crippen molar-refractivity contribution in [1.29, 1.82) is 0 Å². The van der Waals surface area contributed by atoms with E-state index in [1.807, 2.05) is 0 Å². The number of nitrogens with two attached hydrogens (primary N) is 1. The number of ether oxygens (including phenoxy) is 1. The molecule has 1 aliphatic heterocycles. The van der Waals surface area contributed by atoms with Crippen LogP contribution in [-0.4, -0.2) is 56.8 Å². The molecule has 2 aromatic carbocycles. The number of benzene rings is 2. The zero-order valence-corrected chi connectivity index (χ0v) is 25.6. The number of aromatic nitrogens is 1. The number of sulfonamides is 1. The van der Waals surface area contributed by atoms with Crippen molar-refractivity contribution in [3.05, 3.63) is 88.1 Å². The van der Waals surface area contributed by atoms with Gasteiger partial charge in [-0.15, -0.1) is 6.42 Å². The van der Waals surface area contributed by atoms with Gasteiger partial charge in [-0.1, -0.05) is 29.7 Å². The number of halogens is 3. The Bertz CT molecular complexity index is 1640. The molecule has 1 fully saturated rings. The Morgan fingerprint density at radius 3 is 2.73 bits per heavy atom. The quantitative estimate of drug-likeness (QED) is 0.261. The van der Waals surface area contributed by atoms with Crippen LogP contribution in [0, 0.1) is 24.0 Å². The molecule has 1 saturated heterocycles. The van der Waals surface area contributed by atoms with Crippen molar-refractivity contribution < 1.29 is 26.7 Å². The number of hydrogen-bond donors (Lipinski definition) is 4. The lowest BCUT2D eigenvalue weighted by atomic mass is 9.85. The second-order valence-electron chi connectivity index (χ2n) is 10.5. The summed E-state index contributed by atoms with van der Waals surface area (Å²) < 4.78 is 62.6. The standard InChI is InChI=1S/C31H34ClF2N5O4S/c1-3-21-6-5-15-44(41,42)39-22(18-37-21)10-11-23-25(33)7-4-8-27(23)38-31(40)30(35)29(19-9-12-24(32)26(34)16-19)20-13-14-36-28(17-20)43-2/h1,4,7-9,12-14,16-17,21-22,29-30,37,39H,5-6,10-11,15,18,35H2,2H3,(H,38,40)/t21?,22?,29-,30-/m0/s1. The van der Waals surface area contributed by atoms with Crippen molar-refractivity contribution in [3.8, 4) is 18.2 Å². The summed E-state index contributed by atoms with van der Waals surface area (Å²) in [5, 5.41) is 5.82. The van der Waals surface area contributed by atoms with Crippen LogP contribution in [0.1, 0.15) is 41.9 Å². The van der Waals surface area contributed by atoms with Gasteiger partial charge in [-0.25, -0.2) is 26.9 Å². The Morgan fingerprint density at radius 1 is 1.23 bits per heavy atom. The van der Waals surface area contributed by atoms with Crippen LogP contribution < -0.4 is 25.8 Å². The SMILES string of the molecule is C#CC1CCCS(=O)(=O)NC(CCc2c(F)cccc2NC(=O)[C@@H](N)[C@H](c2ccnc(OC)c2)c2ccc(Cl)c(F)c2)CN1. The van der Waals surface area contributed by atoms with Gasteiger partial charge in [0.25, 0.3) is 0 Å². The highest BCUT2D eigenvalue weighted by molar-refractivity contribution is 7.89. The molecule has 4 atom stereocenters. The van der Waals surface area contributed by atoms with Gasteiger partial charge in [0.1, 0.15) is 11.6 Å². The summed E-state index contributed by atoms with van der Waals surface area (Å²) in [5.74, 6) is 0.0650. The fourth-order valence-electron chi connectivity index (χ4n) is 5.18. The van der Waals surface area contributed by atoms with Crippen molar-refractivity contribution in [1.82, 2.24) is 15.0 Å². The molecule has 1 aromatic heterocycles. The van der Waals surface area contributed by atoms with Crippen LogP contribution in [0.3, 0.4) is 0 Å². The number of carbonyl (C=O) groups is 1. The molecular weight excluding hydrogens is 612 g/mol. The summed E-state index contributed by atoms with van der Waals surface area (Å²) in [6.45, 7) is 0.254. The second kappa shape index (κ2) is 14.9. The van der Waals surface area contributed by atoms with E-state index in [0.717, 1.165) is 0 Å². The Hall–Kier alpha value is -3.60. The first-order valence-electron chi connectivity index (χ1n) is 14.0. The minimum absolute atomic E-state index is 0.0652. The molecule has 5 N–H and O–H groups in total. The first kappa shape index (κ1) is 33.3. The van der Waals surface area contributed by atoms with Gasteiger partial charge in [0, 0.05) is 42.0 Å². The predicted molar refractivity (Wildman–Crippen MR) is 166 cm³/mol. The van der Waals surface area contributed by atoms with E-state index in [-0.39, 0.29) is 53.3 Å². The number of nitrogens with zero attached hydrogens (tertiary/aromatic N) is 1. The van der Waals surface area contributed by atoms with Crippen molar-refractivity contribution >= 4 is 33.2 Å². The molecule has 0 radical (unpaired) electrons. The molecule has 1 aliphatic rings. The summed E-state index contributed by atoms with van der Waals surface area (Å²) in [6, 6.07) is 9.52. The highest BCUT2D eigenvalue weighted by Crippen LogP contribution is 2.32. The van der Waals surface area contributed by atoms with E-state index >= 15 is 4.39 Å². The van der Waals surface area contributed by atoms with Crippen LogP contribution in [0.25, 0.3) is 0 Å². The first-order chi connectivity index (χ1) is 21.0. The monoisotopic (exact) mass is 645 g/mol. The lowest BCUT2D eigenvalue weighted by Gasteiger charge is -2.25. The minimum Gasteiger partial charge on any atom is -0.481 e. The van der Waals surface area contributed by atoms with Crippen LogP contribution in [0.4, 0.5) is 14.5 Å². The predicted octanol–water partition coefficient (Wildman–Crippen LogP) is 3.73. The number of nitrogens with one attached hydrogen (secondary N) is 3. The van der Waals surface area contributed by atoms with Crippen molar-refractivity contribution in [2.24, 2.45) is 5.73 Å². The Labute approximate surface area is 261 Å². The molecule has 13 heteroatoms. The van der Waals surface area contributed by atoms with Gasteiger partial charge in [-0.3, -0.25) is 4.79 Å². The topological polar surface area (TPSA) is 135 Å². The zero-order valence-electron chi connectivity index (χ0n) is 24.0. The van der Waals surface area contributed by atoms with Gasteiger partial charge in [0.2, 0.25) is 21.8 Å². The molecule has 0 aliphatic carbocycles. The number of carbonyl (C=O) groups excluding carboxylic acids is 1. The van der Waals surface area contributed by atoms with Crippen LogP contribution in [0.2, 0.25) is 5.02 Å². The highest BCUT2D eigenvalue weighted by Gasteiger charge is 2.30. The molecule has 2 heterocycles. The van der Waals surface area contributed by atoms with Gasteiger partial charge >= 0.3 is 0 Å². The summed E-state index contributed by atoms with van der Waals surface area (Å²) in [7, 11) is -2.12. The van der Waals surface area contributed by atoms with Gasteiger partial charge < -0.3 is 21.1 Å². The van der Waals surface area contributed by atoms with E-state index < -0.39 is 45.6 Å². The maximum absolute atomic E-state index is 15.2. The van der Waals surface area contributed by atoms with E-state index in [9.17, 15) is 17.6 Å². The summed E-state index contributed by atoms with van der Waals surface area (Å²) >= 11 is 5.90. The molecule has 2 unspecified atom stereocenters. The third-order valence-corrected chi connectivity index (χ3v) is 9.30. The number of terminal acetylenes is 1. The van der Waals surface area contributed by atoms with Gasteiger partial charge in [-0.2, -0.15) is 0 Å². The number of anilines is 1. The summed E-state index contributed by atoms with van der Waals surface area (Å²) in [6.07, 6.45) is 8.30. The number of rotatable bonds is 9. The first-order valence-corrected chi connectivity index (χ1v) is 16.0. The number of methoxy groups -OCH3 is 1. The van der Waals surface area contributed by atoms with Gasteiger partial charge in [0.05, 0.1) is 30.0 Å². The smallest absolute Gasteiger partial charge is 0.242 e. The maximum atomic E-state index is 15.2. The fourth-order valence-corrected chi connectivity index (χ4v) is 6.67. The highest BCUT2D eigenvalue weighted by atomic mass is 35.5.